The fourth-order valence-electron chi connectivity index (χ4n) is 4.51. The Morgan fingerprint density at radius 1 is 1.19 bits per heavy atom. The molecule has 0 aliphatic heterocycles. The number of aromatic carboxylic acids is 1. The average molecular weight is 412 g/mol. The van der Waals surface area contributed by atoms with Gasteiger partial charge in [-0.3, -0.25) is 4.79 Å². The largest absolute Gasteiger partial charge is 0.475 e. The first kappa shape index (κ1) is 20.3. The number of fused-ring (bicyclic) bond motifs is 6. The molecule has 3 saturated carbocycles. The van der Waals surface area contributed by atoms with Crippen molar-refractivity contribution in [2.75, 3.05) is 0 Å². The number of hydrogen-bond donors (Lipinski definition) is 3. The number of thiophene rings is 1. The van der Waals surface area contributed by atoms with Crippen molar-refractivity contribution >= 4 is 39.9 Å². The Hall–Kier alpha value is -1.44. The van der Waals surface area contributed by atoms with E-state index in [1.165, 1.54) is 54.7 Å². The summed E-state index contributed by atoms with van der Waals surface area (Å²) in [5.74, 6) is -1.48. The summed E-state index contributed by atoms with van der Waals surface area (Å²) in [7, 11) is 0. The number of carboxylic acid groups (broad SMARTS) is 1. The molecule has 4 aliphatic carbocycles. The zero-order valence-electron chi connectivity index (χ0n) is 15.5. The zero-order valence-corrected chi connectivity index (χ0v) is 17.1. The molecule has 2 aromatic heterocycles. The van der Waals surface area contributed by atoms with E-state index in [2.05, 4.69) is 16.9 Å². The number of carbonyl (C=O) groups is 1. The van der Waals surface area contributed by atoms with Gasteiger partial charge in [-0.15, -0.1) is 23.7 Å². The second-order valence-electron chi connectivity index (χ2n) is 8.43. The minimum atomic E-state index is -1.20. The van der Waals surface area contributed by atoms with Crippen LogP contribution in [0.3, 0.4) is 0 Å². The lowest BCUT2D eigenvalue weighted by atomic mass is 9.58. The second kappa shape index (κ2) is 7.18. The molecule has 0 aromatic carbocycles. The fraction of sp³-hybridized carbons (Fsp3) is 0.632. The van der Waals surface area contributed by atoms with Crippen molar-refractivity contribution in [2.24, 2.45) is 11.1 Å². The maximum atomic E-state index is 11.8. The Bertz CT molecular complexity index is 894. The van der Waals surface area contributed by atoms with Gasteiger partial charge in [0.15, 0.2) is 0 Å². The Morgan fingerprint density at radius 3 is 2.37 bits per heavy atom. The van der Waals surface area contributed by atoms with Gasteiger partial charge in [0.2, 0.25) is 5.82 Å². The molecule has 6 rings (SSSR count). The van der Waals surface area contributed by atoms with Crippen LogP contribution in [0, 0.1) is 5.41 Å². The summed E-state index contributed by atoms with van der Waals surface area (Å²) >= 11 is 1.44. The van der Waals surface area contributed by atoms with Gasteiger partial charge in [-0.1, -0.05) is 6.92 Å². The second-order valence-corrected chi connectivity index (χ2v) is 9.51. The van der Waals surface area contributed by atoms with E-state index >= 15 is 0 Å². The highest BCUT2D eigenvalue weighted by atomic mass is 35.5. The monoisotopic (exact) mass is 411 g/mol. The molecule has 2 aromatic rings. The first-order chi connectivity index (χ1) is 12.3. The molecule has 0 radical (unpaired) electrons. The van der Waals surface area contributed by atoms with Crippen LogP contribution in [-0.2, 0) is 12.8 Å². The molecule has 8 heteroatoms. The van der Waals surface area contributed by atoms with Crippen molar-refractivity contribution in [1.29, 1.82) is 0 Å². The summed E-state index contributed by atoms with van der Waals surface area (Å²) in [5, 5.41) is 9.37. The molecule has 27 heavy (non-hydrogen) atoms. The van der Waals surface area contributed by atoms with Crippen molar-refractivity contribution in [3.8, 4) is 0 Å². The van der Waals surface area contributed by atoms with Gasteiger partial charge < -0.3 is 15.8 Å². The minimum absolute atomic E-state index is 0. The van der Waals surface area contributed by atoms with Crippen molar-refractivity contribution in [3.05, 3.63) is 26.6 Å². The zero-order chi connectivity index (χ0) is 18.5. The molecule has 2 heterocycles. The molecule has 148 valence electrons. The van der Waals surface area contributed by atoms with E-state index in [0.29, 0.717) is 15.6 Å². The number of H-pyrrole nitrogens is 1. The number of nitrogens with one attached hydrogen (secondary N) is 1. The van der Waals surface area contributed by atoms with Crippen LogP contribution in [0.15, 0.2) is 4.79 Å². The number of nitrogens with two attached hydrogens (primary N) is 1. The summed E-state index contributed by atoms with van der Waals surface area (Å²) in [6.45, 7) is 2.42. The topological polar surface area (TPSA) is 109 Å². The molecular formula is C19H26ClN3O3S. The van der Waals surface area contributed by atoms with Gasteiger partial charge in [0, 0.05) is 10.4 Å². The number of carboxylic acids is 1. The van der Waals surface area contributed by atoms with E-state index in [-0.39, 0.29) is 29.3 Å². The van der Waals surface area contributed by atoms with Gasteiger partial charge in [0.1, 0.15) is 4.83 Å². The van der Waals surface area contributed by atoms with Gasteiger partial charge in [-0.05, 0) is 68.8 Å². The van der Waals surface area contributed by atoms with E-state index in [1.807, 2.05) is 0 Å². The summed E-state index contributed by atoms with van der Waals surface area (Å²) in [6.07, 6.45) is 10.9. The number of halogens is 1. The lowest BCUT2D eigenvalue weighted by Crippen LogP contribution is -2.50. The van der Waals surface area contributed by atoms with E-state index in [1.54, 1.807) is 0 Å². The van der Waals surface area contributed by atoms with E-state index < -0.39 is 5.97 Å². The van der Waals surface area contributed by atoms with Gasteiger partial charge in [-0.25, -0.2) is 9.78 Å². The number of aromatic amines is 1. The SMILES string of the molecule is CC12CCC(N)(CC1)CC2.Cl.O=C(O)c1nc2sc3c(c2c(=O)[nH]1)CCC3. The Morgan fingerprint density at radius 2 is 1.81 bits per heavy atom. The van der Waals surface area contributed by atoms with Crippen molar-refractivity contribution in [1.82, 2.24) is 9.97 Å². The standard InChI is InChI=1S/C10H8N2O3S.C9H17N.ClH/c13-8-6-4-2-1-3-5(4)16-9(6)12-7(11-8)10(14)15;1-8-2-5-9(10,6-3-8)7-4-8;/h1-3H2,(H,14,15)(H,11,12,13);2-7,10H2,1H3;1H. The summed E-state index contributed by atoms with van der Waals surface area (Å²) in [5.41, 5.74) is 7.83. The van der Waals surface area contributed by atoms with Gasteiger partial charge in [0.25, 0.3) is 5.56 Å². The Balaban J connectivity index is 0.000000166. The maximum absolute atomic E-state index is 11.8. The van der Waals surface area contributed by atoms with Crippen LogP contribution in [0.4, 0.5) is 0 Å². The molecule has 6 nitrogen and oxygen atoms in total. The third-order valence-corrected chi connectivity index (χ3v) is 7.64. The van der Waals surface area contributed by atoms with Crippen molar-refractivity contribution < 1.29 is 9.90 Å². The first-order valence-electron chi connectivity index (χ1n) is 9.35. The molecule has 4 aliphatic rings. The highest BCUT2D eigenvalue weighted by molar-refractivity contribution is 7.18. The number of hydrogen-bond acceptors (Lipinski definition) is 5. The van der Waals surface area contributed by atoms with Crippen LogP contribution in [0.1, 0.15) is 72.9 Å². The predicted molar refractivity (Wildman–Crippen MR) is 109 cm³/mol. The van der Waals surface area contributed by atoms with Gasteiger partial charge in [-0.2, -0.15) is 0 Å². The fourth-order valence-corrected chi connectivity index (χ4v) is 5.77. The molecule has 0 atom stereocenters. The molecule has 0 unspecified atom stereocenters. The highest BCUT2D eigenvalue weighted by Crippen LogP contribution is 2.50. The molecule has 3 fully saturated rings. The Labute approximate surface area is 168 Å². The number of nitrogens with zero attached hydrogens (tertiary/aromatic N) is 1. The lowest BCUT2D eigenvalue weighted by Gasteiger charge is -2.50. The van der Waals surface area contributed by atoms with Gasteiger partial charge in [0.05, 0.1) is 5.39 Å². The van der Waals surface area contributed by atoms with Crippen LogP contribution in [-0.4, -0.2) is 26.6 Å². The number of aromatic nitrogens is 2. The third-order valence-electron chi connectivity index (χ3n) is 6.46. The molecule has 4 N–H and O–H groups in total. The normalized spacial score (nSPS) is 28.2. The van der Waals surface area contributed by atoms with Crippen LogP contribution in [0.2, 0.25) is 0 Å². The average Bonchev–Trinajstić information content (AvgIpc) is 3.17. The molecule has 0 saturated heterocycles. The summed E-state index contributed by atoms with van der Waals surface area (Å²) in [4.78, 5) is 30.5. The van der Waals surface area contributed by atoms with Crippen LogP contribution < -0.4 is 11.3 Å². The summed E-state index contributed by atoms with van der Waals surface area (Å²) < 4.78 is 0. The third kappa shape index (κ3) is 3.77. The van der Waals surface area contributed by atoms with Crippen molar-refractivity contribution in [3.63, 3.8) is 0 Å². The number of aryl methyl sites for hydroxylation is 2. The van der Waals surface area contributed by atoms with Crippen LogP contribution >= 0.6 is 23.7 Å². The quantitative estimate of drug-likeness (QED) is 0.663. The first-order valence-corrected chi connectivity index (χ1v) is 10.2. The van der Waals surface area contributed by atoms with Crippen LogP contribution in [0.5, 0.6) is 0 Å². The number of rotatable bonds is 1. The van der Waals surface area contributed by atoms with Gasteiger partial charge >= 0.3 is 5.97 Å². The molecule has 2 bridgehead atoms. The van der Waals surface area contributed by atoms with Crippen molar-refractivity contribution in [2.45, 2.75) is 70.3 Å². The Kier molecular flexibility index (Phi) is 5.40. The van der Waals surface area contributed by atoms with E-state index in [9.17, 15) is 9.59 Å². The molecule has 0 spiro atoms. The van der Waals surface area contributed by atoms with Crippen LogP contribution in [0.25, 0.3) is 10.2 Å². The molecular weight excluding hydrogens is 386 g/mol. The van der Waals surface area contributed by atoms with E-state index in [4.69, 9.17) is 10.8 Å². The lowest BCUT2D eigenvalue weighted by molar-refractivity contribution is 0.0607. The smallest absolute Gasteiger partial charge is 0.372 e. The summed E-state index contributed by atoms with van der Waals surface area (Å²) in [6, 6.07) is 0. The molecule has 0 amide bonds. The minimum Gasteiger partial charge on any atom is -0.475 e. The maximum Gasteiger partial charge on any atom is 0.372 e. The highest BCUT2D eigenvalue weighted by Gasteiger charge is 2.43. The predicted octanol–water partition coefficient (Wildman–Crippen LogP) is 3.65. The van der Waals surface area contributed by atoms with E-state index in [0.717, 1.165) is 24.8 Å².